The fourth-order valence-electron chi connectivity index (χ4n) is 3.39. The predicted molar refractivity (Wildman–Crippen MR) is 110 cm³/mol. The van der Waals surface area contributed by atoms with E-state index in [-0.39, 0.29) is 16.8 Å². The maximum Gasteiger partial charge on any atom is 0.258 e. The van der Waals surface area contributed by atoms with E-state index in [1.165, 1.54) is 12.1 Å². The van der Waals surface area contributed by atoms with Gasteiger partial charge in [-0.1, -0.05) is 24.3 Å². The molecule has 0 spiro atoms. The van der Waals surface area contributed by atoms with Gasteiger partial charge in [0.15, 0.2) is 9.84 Å². The molecule has 0 saturated heterocycles. The SMILES string of the molecule is Cc1ccc(-c2cc3ccc(F)c(N[C@@H]4C=CS(=O)(=O)C4)c3c(=O)[nH]2)cc1C. The number of rotatable bonds is 3. The standard InChI is InChI=1S/C21H19FN2O3S/c1-12-3-4-14(9-13(12)2)18-10-15-5-6-17(22)20(19(15)21(25)24-18)23-16-7-8-28(26,27)11-16/h3-10,16,23H,11H2,1-2H3,(H,24,25)/t16-/m1/s1. The zero-order valence-electron chi connectivity index (χ0n) is 15.4. The molecule has 1 aromatic heterocycles. The highest BCUT2D eigenvalue weighted by Gasteiger charge is 2.24. The molecule has 0 unspecified atom stereocenters. The molecular formula is C21H19FN2O3S. The molecule has 1 atom stereocenters. The van der Waals surface area contributed by atoms with Crippen molar-refractivity contribution in [3.8, 4) is 11.3 Å². The van der Waals surface area contributed by atoms with E-state index < -0.39 is 27.3 Å². The van der Waals surface area contributed by atoms with Crippen LogP contribution in [0.5, 0.6) is 0 Å². The van der Waals surface area contributed by atoms with Crippen LogP contribution in [0, 0.1) is 19.7 Å². The Morgan fingerprint density at radius 3 is 2.57 bits per heavy atom. The Balaban J connectivity index is 1.82. The van der Waals surface area contributed by atoms with Gasteiger partial charge in [-0.25, -0.2) is 12.8 Å². The summed E-state index contributed by atoms with van der Waals surface area (Å²) >= 11 is 0. The predicted octanol–water partition coefficient (Wildman–Crippen LogP) is 3.67. The van der Waals surface area contributed by atoms with Gasteiger partial charge in [-0.2, -0.15) is 0 Å². The molecule has 2 heterocycles. The van der Waals surface area contributed by atoms with E-state index >= 15 is 0 Å². The van der Waals surface area contributed by atoms with Crippen molar-refractivity contribution in [2.75, 3.05) is 11.1 Å². The van der Waals surface area contributed by atoms with Crippen molar-refractivity contribution < 1.29 is 12.8 Å². The number of fused-ring (bicyclic) bond motifs is 1. The van der Waals surface area contributed by atoms with E-state index in [2.05, 4.69) is 10.3 Å². The van der Waals surface area contributed by atoms with E-state index in [0.29, 0.717) is 11.1 Å². The zero-order chi connectivity index (χ0) is 20.1. The summed E-state index contributed by atoms with van der Waals surface area (Å²) in [6.07, 6.45) is 1.46. The molecule has 5 nitrogen and oxygen atoms in total. The number of benzene rings is 2. The lowest BCUT2D eigenvalue weighted by atomic mass is 10.0. The van der Waals surface area contributed by atoms with Crippen LogP contribution in [0.2, 0.25) is 0 Å². The third-order valence-electron chi connectivity index (χ3n) is 5.04. The van der Waals surface area contributed by atoms with Crippen LogP contribution in [0.1, 0.15) is 11.1 Å². The summed E-state index contributed by atoms with van der Waals surface area (Å²) in [5, 5.41) is 4.72. The molecule has 2 aromatic carbocycles. The average molecular weight is 398 g/mol. The van der Waals surface area contributed by atoms with Crippen LogP contribution in [-0.2, 0) is 9.84 Å². The van der Waals surface area contributed by atoms with Crippen molar-refractivity contribution >= 4 is 26.3 Å². The summed E-state index contributed by atoms with van der Waals surface area (Å²) in [5.74, 6) is -0.767. The second-order valence-corrected chi connectivity index (χ2v) is 9.04. The molecule has 7 heteroatoms. The van der Waals surface area contributed by atoms with E-state index in [4.69, 9.17) is 0 Å². The number of hydrogen-bond acceptors (Lipinski definition) is 4. The number of pyridine rings is 1. The van der Waals surface area contributed by atoms with Crippen LogP contribution < -0.4 is 10.9 Å². The Hall–Kier alpha value is -2.93. The van der Waals surface area contributed by atoms with Gasteiger partial charge in [0.25, 0.3) is 5.56 Å². The summed E-state index contributed by atoms with van der Waals surface area (Å²) in [7, 11) is -3.29. The first-order chi connectivity index (χ1) is 13.2. The molecule has 1 aliphatic rings. The molecule has 2 N–H and O–H groups in total. The molecule has 0 saturated carbocycles. The largest absolute Gasteiger partial charge is 0.375 e. The monoisotopic (exact) mass is 398 g/mol. The fraction of sp³-hybridized carbons (Fsp3) is 0.190. The maximum atomic E-state index is 14.5. The Kier molecular flexibility index (Phi) is 4.34. The van der Waals surface area contributed by atoms with Gasteiger partial charge in [0.1, 0.15) is 5.82 Å². The smallest absolute Gasteiger partial charge is 0.258 e. The number of H-pyrrole nitrogens is 1. The molecule has 0 fully saturated rings. The maximum absolute atomic E-state index is 14.5. The molecule has 4 rings (SSSR count). The summed E-state index contributed by atoms with van der Waals surface area (Å²) in [6.45, 7) is 4.01. The first kappa shape index (κ1) is 18.4. The Bertz CT molecular complexity index is 1290. The molecule has 3 aromatic rings. The first-order valence-corrected chi connectivity index (χ1v) is 10.6. The lowest BCUT2D eigenvalue weighted by Crippen LogP contribution is -2.23. The first-order valence-electron chi connectivity index (χ1n) is 8.84. The normalized spacial score (nSPS) is 17.9. The van der Waals surface area contributed by atoms with Gasteiger partial charge in [-0.3, -0.25) is 4.79 Å². The van der Waals surface area contributed by atoms with Crippen molar-refractivity contribution in [1.82, 2.24) is 4.98 Å². The lowest BCUT2D eigenvalue weighted by molar-refractivity contribution is 0.604. The average Bonchev–Trinajstić information content (AvgIpc) is 2.98. The lowest BCUT2D eigenvalue weighted by Gasteiger charge is -2.15. The van der Waals surface area contributed by atoms with Crippen LogP contribution >= 0.6 is 0 Å². The molecule has 144 valence electrons. The summed E-state index contributed by atoms with van der Waals surface area (Å²) in [4.78, 5) is 15.6. The van der Waals surface area contributed by atoms with Gasteiger partial charge in [0.05, 0.1) is 22.9 Å². The van der Waals surface area contributed by atoms with Crippen molar-refractivity contribution in [1.29, 1.82) is 0 Å². The van der Waals surface area contributed by atoms with Crippen LogP contribution in [0.25, 0.3) is 22.0 Å². The van der Waals surface area contributed by atoms with Gasteiger partial charge in [-0.15, -0.1) is 0 Å². The minimum Gasteiger partial charge on any atom is -0.375 e. The number of aromatic amines is 1. The molecule has 0 aliphatic carbocycles. The Morgan fingerprint density at radius 2 is 1.89 bits per heavy atom. The highest BCUT2D eigenvalue weighted by Crippen LogP contribution is 2.29. The number of halogens is 1. The quantitative estimate of drug-likeness (QED) is 0.706. The fourth-order valence-corrected chi connectivity index (χ4v) is 4.63. The van der Waals surface area contributed by atoms with Gasteiger partial charge in [-0.05, 0) is 54.1 Å². The van der Waals surface area contributed by atoms with Crippen molar-refractivity contribution in [3.05, 3.63) is 75.2 Å². The topological polar surface area (TPSA) is 79.0 Å². The number of aryl methyl sites for hydroxylation is 2. The third-order valence-corrected chi connectivity index (χ3v) is 6.44. The number of hydrogen-bond donors (Lipinski definition) is 2. The summed E-state index contributed by atoms with van der Waals surface area (Å²) < 4.78 is 37.7. The summed E-state index contributed by atoms with van der Waals surface area (Å²) in [6, 6.07) is 9.95. The molecular weight excluding hydrogens is 379 g/mol. The summed E-state index contributed by atoms with van der Waals surface area (Å²) in [5.41, 5.74) is 3.34. The van der Waals surface area contributed by atoms with Gasteiger partial charge in [0.2, 0.25) is 0 Å². The van der Waals surface area contributed by atoms with Crippen molar-refractivity contribution in [3.63, 3.8) is 0 Å². The van der Waals surface area contributed by atoms with Gasteiger partial charge < -0.3 is 10.3 Å². The van der Waals surface area contributed by atoms with Crippen LogP contribution in [0.3, 0.4) is 0 Å². The van der Waals surface area contributed by atoms with E-state index in [9.17, 15) is 17.6 Å². The zero-order valence-corrected chi connectivity index (χ0v) is 16.2. The van der Waals surface area contributed by atoms with Crippen molar-refractivity contribution in [2.24, 2.45) is 0 Å². The van der Waals surface area contributed by atoms with Crippen LogP contribution in [-0.4, -0.2) is 25.2 Å². The number of aromatic nitrogens is 1. The number of anilines is 1. The van der Waals surface area contributed by atoms with E-state index in [1.807, 2.05) is 32.0 Å². The number of sulfone groups is 1. The van der Waals surface area contributed by atoms with Gasteiger partial charge in [0, 0.05) is 11.1 Å². The molecule has 0 bridgehead atoms. The Morgan fingerprint density at radius 1 is 1.11 bits per heavy atom. The molecule has 28 heavy (non-hydrogen) atoms. The molecule has 0 amide bonds. The van der Waals surface area contributed by atoms with Crippen LogP contribution in [0.4, 0.5) is 10.1 Å². The molecule has 0 radical (unpaired) electrons. The highest BCUT2D eigenvalue weighted by molar-refractivity contribution is 7.94. The molecule has 1 aliphatic heterocycles. The van der Waals surface area contributed by atoms with Gasteiger partial charge >= 0.3 is 0 Å². The minimum absolute atomic E-state index is 0.0112. The van der Waals surface area contributed by atoms with Crippen LogP contribution in [0.15, 0.2) is 52.7 Å². The Labute approximate surface area is 161 Å². The third kappa shape index (κ3) is 3.33. The van der Waals surface area contributed by atoms with E-state index in [1.54, 1.807) is 12.1 Å². The van der Waals surface area contributed by atoms with Crippen molar-refractivity contribution in [2.45, 2.75) is 19.9 Å². The highest BCUT2D eigenvalue weighted by atomic mass is 32.2. The second-order valence-electron chi connectivity index (χ2n) is 7.11. The second kappa shape index (κ2) is 6.60. The van der Waals surface area contributed by atoms with E-state index in [0.717, 1.165) is 22.1 Å². The minimum atomic E-state index is -3.29. The number of nitrogens with one attached hydrogen (secondary N) is 2.